The van der Waals surface area contributed by atoms with E-state index in [4.69, 9.17) is 0 Å². The fourth-order valence-electron chi connectivity index (χ4n) is 3.58. The van der Waals surface area contributed by atoms with E-state index in [1.54, 1.807) is 0 Å². The standard InChI is InChI=1S/C13H24/c1-6-7-13(5)9-11(2)8-12(3,4)10-13/h6-7,11H,8-10H2,1-5H3/b7-6+/t11-,13?/m1/s1. The fourth-order valence-corrected chi connectivity index (χ4v) is 3.58. The van der Waals surface area contributed by atoms with Gasteiger partial charge in [0.1, 0.15) is 0 Å². The van der Waals surface area contributed by atoms with Crippen molar-refractivity contribution in [3.05, 3.63) is 12.2 Å². The van der Waals surface area contributed by atoms with Gasteiger partial charge in [0.25, 0.3) is 0 Å². The summed E-state index contributed by atoms with van der Waals surface area (Å²) in [6, 6.07) is 0. The third kappa shape index (κ3) is 2.86. The van der Waals surface area contributed by atoms with Gasteiger partial charge in [-0.05, 0) is 42.9 Å². The van der Waals surface area contributed by atoms with E-state index >= 15 is 0 Å². The second-order valence-electron chi connectivity index (χ2n) is 6.01. The van der Waals surface area contributed by atoms with Gasteiger partial charge in [0.05, 0.1) is 0 Å². The minimum Gasteiger partial charge on any atom is -0.0911 e. The van der Waals surface area contributed by atoms with Crippen LogP contribution < -0.4 is 0 Å². The molecule has 0 radical (unpaired) electrons. The molecule has 0 heterocycles. The van der Waals surface area contributed by atoms with Crippen molar-refractivity contribution < 1.29 is 0 Å². The van der Waals surface area contributed by atoms with Crippen LogP contribution in [-0.4, -0.2) is 0 Å². The molecule has 0 nitrogen and oxygen atoms in total. The maximum Gasteiger partial charge on any atom is -0.0139 e. The molecule has 0 aromatic heterocycles. The van der Waals surface area contributed by atoms with Crippen molar-refractivity contribution >= 4 is 0 Å². The van der Waals surface area contributed by atoms with Crippen molar-refractivity contribution in [1.82, 2.24) is 0 Å². The highest BCUT2D eigenvalue weighted by atomic mass is 14.4. The molecule has 0 aliphatic heterocycles. The summed E-state index contributed by atoms with van der Waals surface area (Å²) in [5.74, 6) is 0.880. The van der Waals surface area contributed by atoms with Crippen molar-refractivity contribution in [2.45, 2.75) is 53.9 Å². The monoisotopic (exact) mass is 180 g/mol. The number of allylic oxidation sites excluding steroid dienone is 2. The summed E-state index contributed by atoms with van der Waals surface area (Å²) in [5, 5.41) is 0. The third-order valence-electron chi connectivity index (χ3n) is 3.17. The SMILES string of the molecule is C/C=C/C1(C)C[C@H](C)CC(C)(C)C1. The van der Waals surface area contributed by atoms with E-state index in [0.29, 0.717) is 10.8 Å². The van der Waals surface area contributed by atoms with Gasteiger partial charge in [-0.1, -0.05) is 39.8 Å². The molecule has 1 aliphatic carbocycles. The summed E-state index contributed by atoms with van der Waals surface area (Å²) in [6.07, 6.45) is 8.72. The minimum absolute atomic E-state index is 0.454. The predicted octanol–water partition coefficient (Wildman–Crippen LogP) is 4.42. The van der Waals surface area contributed by atoms with Crippen LogP contribution in [0.3, 0.4) is 0 Å². The minimum atomic E-state index is 0.454. The molecule has 76 valence electrons. The van der Waals surface area contributed by atoms with Gasteiger partial charge in [-0.25, -0.2) is 0 Å². The maximum absolute atomic E-state index is 2.41. The Morgan fingerprint density at radius 3 is 2.23 bits per heavy atom. The number of rotatable bonds is 1. The van der Waals surface area contributed by atoms with Gasteiger partial charge in [-0.3, -0.25) is 0 Å². The summed E-state index contributed by atoms with van der Waals surface area (Å²) >= 11 is 0. The Morgan fingerprint density at radius 1 is 1.15 bits per heavy atom. The molecule has 1 fully saturated rings. The fraction of sp³-hybridized carbons (Fsp3) is 0.846. The molecule has 0 amide bonds. The van der Waals surface area contributed by atoms with Crippen LogP contribution in [0.2, 0.25) is 0 Å². The topological polar surface area (TPSA) is 0 Å². The predicted molar refractivity (Wildman–Crippen MR) is 59.7 cm³/mol. The van der Waals surface area contributed by atoms with Crippen LogP contribution in [0, 0.1) is 16.7 Å². The molecule has 1 aliphatic rings. The highest BCUT2D eigenvalue weighted by Crippen LogP contribution is 2.49. The molecule has 0 saturated heterocycles. The Morgan fingerprint density at radius 2 is 1.77 bits per heavy atom. The first-order chi connectivity index (χ1) is 5.87. The lowest BCUT2D eigenvalue weighted by Gasteiger charge is -2.44. The van der Waals surface area contributed by atoms with Crippen LogP contribution in [0.4, 0.5) is 0 Å². The quantitative estimate of drug-likeness (QED) is 0.524. The van der Waals surface area contributed by atoms with Crippen molar-refractivity contribution in [3.8, 4) is 0 Å². The summed E-state index contributed by atoms with van der Waals surface area (Å²) in [4.78, 5) is 0. The number of hydrogen-bond acceptors (Lipinski definition) is 0. The lowest BCUT2D eigenvalue weighted by Crippen LogP contribution is -2.33. The molecule has 13 heavy (non-hydrogen) atoms. The molecule has 0 bridgehead atoms. The molecule has 1 rings (SSSR count). The van der Waals surface area contributed by atoms with E-state index in [9.17, 15) is 0 Å². The molecule has 2 atom stereocenters. The van der Waals surface area contributed by atoms with Crippen molar-refractivity contribution in [1.29, 1.82) is 0 Å². The average molecular weight is 180 g/mol. The summed E-state index contributed by atoms with van der Waals surface area (Å²) in [6.45, 7) is 11.7. The smallest absolute Gasteiger partial charge is 0.0139 e. The van der Waals surface area contributed by atoms with Crippen LogP contribution in [0.1, 0.15) is 53.9 Å². The van der Waals surface area contributed by atoms with Gasteiger partial charge in [0.2, 0.25) is 0 Å². The Balaban J connectivity index is 2.78. The van der Waals surface area contributed by atoms with Gasteiger partial charge < -0.3 is 0 Å². The normalized spacial score (nSPS) is 39.6. The maximum atomic E-state index is 2.41. The van der Waals surface area contributed by atoms with Crippen molar-refractivity contribution in [2.24, 2.45) is 16.7 Å². The summed E-state index contributed by atoms with van der Waals surface area (Å²) in [7, 11) is 0. The highest BCUT2D eigenvalue weighted by molar-refractivity contribution is 5.02. The molecule has 0 spiro atoms. The van der Waals surface area contributed by atoms with Crippen molar-refractivity contribution in [3.63, 3.8) is 0 Å². The van der Waals surface area contributed by atoms with E-state index in [-0.39, 0.29) is 0 Å². The Bertz CT molecular complexity index is 200. The molecular weight excluding hydrogens is 156 g/mol. The molecule has 0 aromatic rings. The van der Waals surface area contributed by atoms with Crippen molar-refractivity contribution in [2.75, 3.05) is 0 Å². The first-order valence-corrected chi connectivity index (χ1v) is 5.51. The summed E-state index contributed by atoms with van der Waals surface area (Å²) < 4.78 is 0. The largest absolute Gasteiger partial charge is 0.0911 e. The Labute approximate surface area is 83.4 Å². The van der Waals surface area contributed by atoms with E-state index in [2.05, 4.69) is 46.8 Å². The second kappa shape index (κ2) is 3.48. The molecule has 0 aromatic carbocycles. The number of hydrogen-bond donors (Lipinski definition) is 0. The van der Waals surface area contributed by atoms with E-state index in [1.165, 1.54) is 19.3 Å². The Hall–Kier alpha value is -0.260. The molecular formula is C13H24. The summed E-state index contributed by atoms with van der Waals surface area (Å²) in [5.41, 5.74) is 0.988. The third-order valence-corrected chi connectivity index (χ3v) is 3.17. The zero-order chi connectivity index (χ0) is 10.1. The zero-order valence-corrected chi connectivity index (χ0v) is 9.85. The lowest BCUT2D eigenvalue weighted by molar-refractivity contribution is 0.0956. The van der Waals surface area contributed by atoms with Crippen LogP contribution in [0.25, 0.3) is 0 Å². The van der Waals surface area contributed by atoms with E-state index in [1.807, 2.05) is 0 Å². The zero-order valence-electron chi connectivity index (χ0n) is 9.85. The first-order valence-electron chi connectivity index (χ1n) is 5.51. The Kier molecular flexibility index (Phi) is 2.89. The van der Waals surface area contributed by atoms with Crippen LogP contribution >= 0.6 is 0 Å². The van der Waals surface area contributed by atoms with Gasteiger partial charge in [-0.15, -0.1) is 0 Å². The second-order valence-corrected chi connectivity index (χ2v) is 6.01. The molecule has 1 unspecified atom stereocenters. The van der Waals surface area contributed by atoms with Crippen LogP contribution in [-0.2, 0) is 0 Å². The van der Waals surface area contributed by atoms with Crippen LogP contribution in [0.15, 0.2) is 12.2 Å². The average Bonchev–Trinajstić information content (AvgIpc) is 1.78. The molecule has 0 heteroatoms. The van der Waals surface area contributed by atoms with Crippen LogP contribution in [0.5, 0.6) is 0 Å². The first kappa shape index (κ1) is 10.8. The van der Waals surface area contributed by atoms with Gasteiger partial charge in [0, 0.05) is 0 Å². The van der Waals surface area contributed by atoms with E-state index < -0.39 is 0 Å². The molecule has 0 N–H and O–H groups in total. The van der Waals surface area contributed by atoms with E-state index in [0.717, 1.165) is 5.92 Å². The lowest BCUT2D eigenvalue weighted by atomic mass is 9.61. The van der Waals surface area contributed by atoms with Gasteiger partial charge in [-0.2, -0.15) is 0 Å². The van der Waals surface area contributed by atoms with Gasteiger partial charge in [0.15, 0.2) is 0 Å². The highest BCUT2D eigenvalue weighted by Gasteiger charge is 2.37. The van der Waals surface area contributed by atoms with Gasteiger partial charge >= 0.3 is 0 Å². The molecule has 1 saturated carbocycles.